The summed E-state index contributed by atoms with van der Waals surface area (Å²) in [6.45, 7) is 3.22. The van der Waals surface area contributed by atoms with Gasteiger partial charge >= 0.3 is 0 Å². The Balaban J connectivity index is 1.95. The minimum Gasteiger partial charge on any atom is -0.295 e. The number of para-hydroxylation sites is 1. The Morgan fingerprint density at radius 2 is 1.68 bits per heavy atom. The maximum absolute atomic E-state index is 12.6. The zero-order chi connectivity index (χ0) is 18.0. The van der Waals surface area contributed by atoms with Crippen LogP contribution in [0.3, 0.4) is 0 Å². The van der Waals surface area contributed by atoms with Crippen LogP contribution in [0.1, 0.15) is 23.0 Å². The van der Waals surface area contributed by atoms with E-state index in [1.54, 1.807) is 13.0 Å². The van der Waals surface area contributed by atoms with Crippen molar-refractivity contribution in [2.75, 3.05) is 4.72 Å². The molecule has 25 heavy (non-hydrogen) atoms. The Morgan fingerprint density at radius 1 is 1.04 bits per heavy atom. The lowest BCUT2D eigenvalue weighted by Gasteiger charge is -2.11. The zero-order valence-electron chi connectivity index (χ0n) is 13.8. The van der Waals surface area contributed by atoms with Gasteiger partial charge in [0.15, 0.2) is 5.78 Å². The van der Waals surface area contributed by atoms with Crippen LogP contribution >= 0.6 is 0 Å². The average Bonchev–Trinajstić information content (AvgIpc) is 2.95. The van der Waals surface area contributed by atoms with E-state index in [0.717, 1.165) is 5.69 Å². The van der Waals surface area contributed by atoms with Gasteiger partial charge in [-0.2, -0.15) is 5.10 Å². The third-order valence-corrected chi connectivity index (χ3v) is 5.01. The number of anilines is 1. The monoisotopic (exact) mass is 355 g/mol. The van der Waals surface area contributed by atoms with Crippen LogP contribution < -0.4 is 4.72 Å². The molecule has 0 amide bonds. The fraction of sp³-hybridized carbons (Fsp3) is 0.111. The lowest BCUT2D eigenvalue weighted by molar-refractivity contribution is 0.101. The molecule has 1 N–H and O–H groups in total. The van der Waals surface area contributed by atoms with E-state index in [4.69, 9.17) is 0 Å². The van der Waals surface area contributed by atoms with Crippen LogP contribution in [0.4, 0.5) is 5.82 Å². The number of ketones is 1. The highest BCUT2D eigenvalue weighted by molar-refractivity contribution is 7.92. The van der Waals surface area contributed by atoms with E-state index in [9.17, 15) is 13.2 Å². The number of carbonyl (C=O) groups excluding carboxylic acids is 1. The van der Waals surface area contributed by atoms with Crippen molar-refractivity contribution in [1.29, 1.82) is 0 Å². The molecule has 0 fully saturated rings. The highest BCUT2D eigenvalue weighted by Gasteiger charge is 2.18. The summed E-state index contributed by atoms with van der Waals surface area (Å²) in [5.74, 6) is 0.231. The Kier molecular flexibility index (Phi) is 4.41. The fourth-order valence-electron chi connectivity index (χ4n) is 2.40. The molecule has 0 radical (unpaired) electrons. The molecule has 3 rings (SSSR count). The summed E-state index contributed by atoms with van der Waals surface area (Å²) in [7, 11) is -3.80. The van der Waals surface area contributed by atoms with Gasteiger partial charge in [-0.25, -0.2) is 13.1 Å². The molecule has 128 valence electrons. The van der Waals surface area contributed by atoms with Crippen molar-refractivity contribution in [3.05, 3.63) is 71.9 Å². The molecule has 3 aromatic rings. The minimum absolute atomic E-state index is 0.0796. The predicted octanol–water partition coefficient (Wildman–Crippen LogP) is 3.18. The summed E-state index contributed by atoms with van der Waals surface area (Å²) >= 11 is 0. The first-order valence-electron chi connectivity index (χ1n) is 7.63. The second-order valence-electron chi connectivity index (χ2n) is 5.60. The molecule has 0 aliphatic heterocycles. The van der Waals surface area contributed by atoms with Crippen LogP contribution in [0.2, 0.25) is 0 Å². The van der Waals surface area contributed by atoms with Gasteiger partial charge in [0, 0.05) is 11.6 Å². The molecule has 0 aliphatic carbocycles. The maximum atomic E-state index is 12.6. The van der Waals surface area contributed by atoms with Gasteiger partial charge < -0.3 is 0 Å². The Morgan fingerprint density at radius 3 is 2.28 bits per heavy atom. The van der Waals surface area contributed by atoms with E-state index in [1.807, 2.05) is 30.3 Å². The molecule has 1 aromatic heterocycles. The van der Waals surface area contributed by atoms with E-state index < -0.39 is 10.0 Å². The van der Waals surface area contributed by atoms with Crippen LogP contribution in [0.5, 0.6) is 0 Å². The lowest BCUT2D eigenvalue weighted by Crippen LogP contribution is -2.16. The fourth-order valence-corrected chi connectivity index (χ4v) is 3.44. The molecule has 0 bridgehead atoms. The second-order valence-corrected chi connectivity index (χ2v) is 7.29. The average molecular weight is 355 g/mol. The molecule has 2 aromatic carbocycles. The SMILES string of the molecule is CC(=O)c1ccc(S(=O)(=O)Nc2cc(C)nn2-c2ccccc2)cc1. The summed E-state index contributed by atoms with van der Waals surface area (Å²) in [6.07, 6.45) is 0. The number of hydrogen-bond acceptors (Lipinski definition) is 4. The van der Waals surface area contributed by atoms with E-state index in [1.165, 1.54) is 35.9 Å². The summed E-state index contributed by atoms with van der Waals surface area (Å²) in [5.41, 5.74) is 1.90. The van der Waals surface area contributed by atoms with Gasteiger partial charge in [-0.1, -0.05) is 30.3 Å². The molecule has 0 saturated carbocycles. The largest absolute Gasteiger partial charge is 0.295 e. The first kappa shape index (κ1) is 16.9. The third kappa shape index (κ3) is 3.61. The van der Waals surface area contributed by atoms with Crippen molar-refractivity contribution in [3.8, 4) is 5.69 Å². The van der Waals surface area contributed by atoms with Gasteiger partial charge in [0.2, 0.25) is 0 Å². The number of rotatable bonds is 5. The number of Topliss-reactive ketones (excluding diaryl/α,β-unsaturated/α-hetero) is 1. The van der Waals surface area contributed by atoms with E-state index in [0.29, 0.717) is 17.1 Å². The first-order valence-corrected chi connectivity index (χ1v) is 9.11. The Hall–Kier alpha value is -2.93. The molecule has 0 unspecified atom stereocenters. The molecule has 0 spiro atoms. The molecule has 0 aliphatic rings. The Labute approximate surface area is 146 Å². The molecule has 0 atom stereocenters. The van der Waals surface area contributed by atoms with Gasteiger partial charge in [0.1, 0.15) is 5.82 Å². The number of aryl methyl sites for hydroxylation is 1. The predicted molar refractivity (Wildman–Crippen MR) is 95.6 cm³/mol. The van der Waals surface area contributed by atoms with Crippen LogP contribution in [0.15, 0.2) is 65.6 Å². The molecular formula is C18H17N3O3S. The van der Waals surface area contributed by atoms with Gasteiger partial charge in [-0.15, -0.1) is 0 Å². The van der Waals surface area contributed by atoms with Gasteiger partial charge in [-0.3, -0.25) is 9.52 Å². The van der Waals surface area contributed by atoms with Crippen molar-refractivity contribution in [2.24, 2.45) is 0 Å². The quantitative estimate of drug-likeness (QED) is 0.713. The third-order valence-electron chi connectivity index (χ3n) is 3.64. The van der Waals surface area contributed by atoms with E-state index in [-0.39, 0.29) is 10.7 Å². The highest BCUT2D eigenvalue weighted by Crippen LogP contribution is 2.21. The number of benzene rings is 2. The summed E-state index contributed by atoms with van der Waals surface area (Å²) in [6, 6.07) is 16.7. The summed E-state index contributed by atoms with van der Waals surface area (Å²) in [5, 5.41) is 4.34. The molecule has 6 nitrogen and oxygen atoms in total. The van der Waals surface area contributed by atoms with E-state index in [2.05, 4.69) is 9.82 Å². The number of nitrogens with zero attached hydrogens (tertiary/aromatic N) is 2. The normalized spacial score (nSPS) is 11.3. The zero-order valence-corrected chi connectivity index (χ0v) is 14.6. The van der Waals surface area contributed by atoms with E-state index >= 15 is 0 Å². The topological polar surface area (TPSA) is 81.1 Å². The number of carbonyl (C=O) groups is 1. The van der Waals surface area contributed by atoms with Crippen molar-refractivity contribution >= 4 is 21.6 Å². The number of aromatic nitrogens is 2. The Bertz CT molecular complexity index is 1010. The summed E-state index contributed by atoms with van der Waals surface area (Å²) in [4.78, 5) is 11.4. The van der Waals surface area contributed by atoms with Crippen molar-refractivity contribution < 1.29 is 13.2 Å². The van der Waals surface area contributed by atoms with Crippen molar-refractivity contribution in [3.63, 3.8) is 0 Å². The smallest absolute Gasteiger partial charge is 0.263 e. The molecule has 1 heterocycles. The van der Waals surface area contributed by atoms with Gasteiger partial charge in [0.25, 0.3) is 10.0 Å². The van der Waals surface area contributed by atoms with Gasteiger partial charge in [0.05, 0.1) is 16.3 Å². The van der Waals surface area contributed by atoms with Crippen molar-refractivity contribution in [2.45, 2.75) is 18.7 Å². The lowest BCUT2D eigenvalue weighted by atomic mass is 10.2. The summed E-state index contributed by atoms with van der Waals surface area (Å²) < 4.78 is 29.4. The first-order chi connectivity index (χ1) is 11.9. The standard InChI is InChI=1S/C18H17N3O3S/c1-13-12-18(21(19-13)16-6-4-3-5-7-16)20-25(23,24)17-10-8-15(9-11-17)14(2)22/h3-12,20H,1-2H3. The molecular weight excluding hydrogens is 338 g/mol. The molecule has 7 heteroatoms. The second kappa shape index (κ2) is 6.52. The number of sulfonamides is 1. The molecule has 0 saturated heterocycles. The van der Waals surface area contributed by atoms with Crippen LogP contribution in [-0.2, 0) is 10.0 Å². The number of nitrogens with one attached hydrogen (secondary N) is 1. The van der Waals surface area contributed by atoms with Crippen LogP contribution in [0.25, 0.3) is 5.69 Å². The highest BCUT2D eigenvalue weighted by atomic mass is 32.2. The van der Waals surface area contributed by atoms with Crippen molar-refractivity contribution in [1.82, 2.24) is 9.78 Å². The number of hydrogen-bond donors (Lipinski definition) is 1. The van der Waals surface area contributed by atoms with Crippen LogP contribution in [-0.4, -0.2) is 24.0 Å². The van der Waals surface area contributed by atoms with Gasteiger partial charge in [-0.05, 0) is 38.1 Å². The minimum atomic E-state index is -3.80. The van der Waals surface area contributed by atoms with Crippen LogP contribution in [0, 0.1) is 6.92 Å². The maximum Gasteiger partial charge on any atom is 0.263 e.